The summed E-state index contributed by atoms with van der Waals surface area (Å²) < 4.78 is 40.1. The predicted molar refractivity (Wildman–Crippen MR) is 100 cm³/mol. The Kier molecular flexibility index (Phi) is 7.65. The van der Waals surface area contributed by atoms with Gasteiger partial charge in [-0.2, -0.15) is 0 Å². The molecule has 0 aliphatic rings. The second kappa shape index (κ2) is 9.95. The smallest absolute Gasteiger partial charge is 0.306 e. The molecule has 0 saturated carbocycles. The van der Waals surface area contributed by atoms with E-state index in [1.807, 2.05) is 0 Å². The number of primary sulfonamides is 1. The van der Waals surface area contributed by atoms with Crippen LogP contribution in [-0.2, 0) is 37.2 Å². The fraction of sp³-hybridized carbons (Fsp3) is 0.263. The fourth-order valence-electron chi connectivity index (χ4n) is 2.36. The summed E-state index contributed by atoms with van der Waals surface area (Å²) in [5, 5.41) is 7.63. The van der Waals surface area contributed by atoms with Crippen LogP contribution in [0.2, 0.25) is 0 Å². The van der Waals surface area contributed by atoms with Crippen LogP contribution in [0.4, 0.5) is 4.39 Å². The second-order valence-corrected chi connectivity index (χ2v) is 7.64. The third-order valence-corrected chi connectivity index (χ3v) is 4.81. The number of halogens is 1. The van der Waals surface area contributed by atoms with Crippen LogP contribution in [0, 0.1) is 5.82 Å². The van der Waals surface area contributed by atoms with Gasteiger partial charge in [-0.15, -0.1) is 0 Å². The Bertz CT molecular complexity index is 912. The summed E-state index contributed by atoms with van der Waals surface area (Å²) in [4.78, 5) is 23.4. The Labute approximate surface area is 162 Å². The monoisotopic (exact) mass is 408 g/mol. The molecule has 0 bridgehead atoms. The molecule has 28 heavy (non-hydrogen) atoms. The zero-order valence-electron chi connectivity index (χ0n) is 15.1. The molecule has 9 heteroatoms. The van der Waals surface area contributed by atoms with Crippen LogP contribution in [0.3, 0.4) is 0 Å². The van der Waals surface area contributed by atoms with Gasteiger partial charge in [-0.05, 0) is 48.2 Å². The molecule has 1 amide bonds. The van der Waals surface area contributed by atoms with Gasteiger partial charge in [-0.1, -0.05) is 24.3 Å². The number of carbonyl (C=O) groups is 2. The first-order valence-corrected chi connectivity index (χ1v) is 10.1. The Morgan fingerprint density at radius 3 is 2.14 bits per heavy atom. The molecular formula is C19H21FN2O5S. The summed E-state index contributed by atoms with van der Waals surface area (Å²) in [6.45, 7) is -0.0761. The summed E-state index contributed by atoms with van der Waals surface area (Å²) in [6, 6.07) is 11.8. The van der Waals surface area contributed by atoms with Crippen molar-refractivity contribution in [2.24, 2.45) is 5.14 Å². The van der Waals surface area contributed by atoms with Crippen molar-refractivity contribution in [3.63, 3.8) is 0 Å². The minimum Gasteiger partial charge on any atom is -0.456 e. The van der Waals surface area contributed by atoms with Crippen LogP contribution >= 0.6 is 0 Å². The maximum atomic E-state index is 12.8. The van der Waals surface area contributed by atoms with Gasteiger partial charge in [0.25, 0.3) is 5.91 Å². The summed E-state index contributed by atoms with van der Waals surface area (Å²) in [5.41, 5.74) is 1.63. The average Bonchev–Trinajstić information content (AvgIpc) is 2.65. The van der Waals surface area contributed by atoms with Crippen LogP contribution in [-0.4, -0.2) is 33.4 Å². The van der Waals surface area contributed by atoms with Crippen LogP contribution < -0.4 is 10.5 Å². The maximum absolute atomic E-state index is 12.8. The Morgan fingerprint density at radius 1 is 0.964 bits per heavy atom. The lowest BCUT2D eigenvalue weighted by molar-refractivity contribution is -0.148. The number of carbonyl (C=O) groups excluding carboxylic acids is 2. The minimum absolute atomic E-state index is 0.0211. The first kappa shape index (κ1) is 21.5. The number of sulfonamides is 1. The van der Waals surface area contributed by atoms with Gasteiger partial charge < -0.3 is 10.1 Å². The molecule has 0 unspecified atom stereocenters. The van der Waals surface area contributed by atoms with E-state index in [0.717, 1.165) is 11.1 Å². The zero-order valence-corrected chi connectivity index (χ0v) is 15.9. The van der Waals surface area contributed by atoms with E-state index in [0.29, 0.717) is 19.4 Å². The number of esters is 1. The molecule has 0 aromatic heterocycles. The van der Waals surface area contributed by atoms with E-state index in [9.17, 15) is 22.4 Å². The highest BCUT2D eigenvalue weighted by Crippen LogP contribution is 2.09. The first-order chi connectivity index (χ1) is 13.2. The quantitative estimate of drug-likeness (QED) is 0.607. The molecule has 3 N–H and O–H groups in total. The van der Waals surface area contributed by atoms with Gasteiger partial charge in [0.15, 0.2) is 6.61 Å². The van der Waals surface area contributed by atoms with Gasteiger partial charge in [0.2, 0.25) is 10.0 Å². The Hall–Kier alpha value is -2.78. The third-order valence-electron chi connectivity index (χ3n) is 3.88. The van der Waals surface area contributed by atoms with E-state index >= 15 is 0 Å². The highest BCUT2D eigenvalue weighted by Gasteiger charge is 2.09. The van der Waals surface area contributed by atoms with Crippen molar-refractivity contribution in [3.8, 4) is 0 Å². The molecule has 0 heterocycles. The molecule has 2 aromatic rings. The number of benzene rings is 2. The Morgan fingerprint density at radius 2 is 1.54 bits per heavy atom. The van der Waals surface area contributed by atoms with Gasteiger partial charge >= 0.3 is 5.97 Å². The largest absolute Gasteiger partial charge is 0.456 e. The van der Waals surface area contributed by atoms with Crippen LogP contribution in [0.1, 0.15) is 17.5 Å². The van der Waals surface area contributed by atoms with Crippen molar-refractivity contribution >= 4 is 21.9 Å². The highest BCUT2D eigenvalue weighted by atomic mass is 32.2. The van der Waals surface area contributed by atoms with Gasteiger partial charge in [0, 0.05) is 13.0 Å². The molecule has 0 atom stereocenters. The fourth-order valence-corrected chi connectivity index (χ4v) is 2.87. The highest BCUT2D eigenvalue weighted by molar-refractivity contribution is 7.89. The number of rotatable bonds is 9. The van der Waals surface area contributed by atoms with Crippen molar-refractivity contribution in [2.45, 2.75) is 24.2 Å². The van der Waals surface area contributed by atoms with Gasteiger partial charge in [-0.3, -0.25) is 9.59 Å². The number of aryl methyl sites for hydroxylation is 1. The minimum atomic E-state index is -3.73. The molecule has 150 valence electrons. The predicted octanol–water partition coefficient (Wildman–Crippen LogP) is 1.31. The lowest BCUT2D eigenvalue weighted by Gasteiger charge is -2.07. The van der Waals surface area contributed by atoms with E-state index in [1.165, 1.54) is 24.3 Å². The second-order valence-electron chi connectivity index (χ2n) is 6.08. The van der Waals surface area contributed by atoms with Crippen molar-refractivity contribution in [1.29, 1.82) is 0 Å². The lowest BCUT2D eigenvalue weighted by Crippen LogP contribution is -2.30. The molecule has 7 nitrogen and oxygen atoms in total. The normalized spacial score (nSPS) is 11.1. The molecule has 0 fully saturated rings. The van der Waals surface area contributed by atoms with E-state index in [-0.39, 0.29) is 23.7 Å². The van der Waals surface area contributed by atoms with Gasteiger partial charge in [0.1, 0.15) is 5.82 Å². The third kappa shape index (κ3) is 7.45. The topological polar surface area (TPSA) is 116 Å². The molecule has 2 aromatic carbocycles. The van der Waals surface area contributed by atoms with Crippen molar-refractivity contribution in [2.75, 3.05) is 13.2 Å². The van der Waals surface area contributed by atoms with Crippen LogP contribution in [0.15, 0.2) is 53.4 Å². The molecule has 2 rings (SSSR count). The van der Waals surface area contributed by atoms with Gasteiger partial charge in [-0.25, -0.2) is 17.9 Å². The molecule has 0 radical (unpaired) electrons. The number of nitrogens with one attached hydrogen (secondary N) is 1. The molecular weight excluding hydrogens is 387 g/mol. The summed E-state index contributed by atoms with van der Waals surface area (Å²) in [6.07, 6.45) is 0.972. The van der Waals surface area contributed by atoms with E-state index < -0.39 is 21.9 Å². The number of amides is 1. The number of nitrogens with two attached hydrogens (primary N) is 1. The lowest BCUT2D eigenvalue weighted by atomic mass is 10.1. The summed E-state index contributed by atoms with van der Waals surface area (Å²) >= 11 is 0. The van der Waals surface area contributed by atoms with Crippen molar-refractivity contribution < 1.29 is 27.1 Å². The molecule has 0 aliphatic heterocycles. The van der Waals surface area contributed by atoms with Crippen LogP contribution in [0.25, 0.3) is 0 Å². The van der Waals surface area contributed by atoms with Crippen molar-refractivity contribution in [3.05, 3.63) is 65.5 Å². The summed E-state index contributed by atoms with van der Waals surface area (Å²) in [7, 11) is -3.73. The maximum Gasteiger partial charge on any atom is 0.306 e. The number of hydrogen-bond acceptors (Lipinski definition) is 5. The summed E-state index contributed by atoms with van der Waals surface area (Å²) in [5.74, 6) is -1.29. The Balaban J connectivity index is 1.64. The van der Waals surface area contributed by atoms with Gasteiger partial charge in [0.05, 0.1) is 4.90 Å². The standard InChI is InChI=1S/C19H21FN2O5S/c20-16-6-1-14(2-7-16)5-10-19(24)27-13-18(23)22-12-11-15-3-8-17(9-4-15)28(21,25)26/h1-4,6-9H,5,10-13H2,(H,22,23)(H2,21,25,26). The van der Waals surface area contributed by atoms with Crippen molar-refractivity contribution in [1.82, 2.24) is 5.32 Å². The molecule has 0 aliphatic carbocycles. The van der Waals surface area contributed by atoms with E-state index in [1.54, 1.807) is 24.3 Å². The first-order valence-electron chi connectivity index (χ1n) is 8.52. The average molecular weight is 408 g/mol. The van der Waals surface area contributed by atoms with E-state index in [4.69, 9.17) is 9.88 Å². The molecule has 0 spiro atoms. The SMILES string of the molecule is NS(=O)(=O)c1ccc(CCNC(=O)COC(=O)CCc2ccc(F)cc2)cc1. The van der Waals surface area contributed by atoms with Crippen LogP contribution in [0.5, 0.6) is 0 Å². The number of ether oxygens (including phenoxy) is 1. The number of hydrogen-bond donors (Lipinski definition) is 2. The molecule has 0 saturated heterocycles. The van der Waals surface area contributed by atoms with E-state index in [2.05, 4.69) is 5.32 Å². The zero-order chi connectivity index (χ0) is 20.6.